The third-order valence-electron chi connectivity index (χ3n) is 6.42. The fraction of sp³-hybridized carbons (Fsp3) is 0.600. The molecule has 200 valence electrons. The lowest BCUT2D eigenvalue weighted by atomic mass is 9.92. The summed E-state index contributed by atoms with van der Waals surface area (Å²) in [5.74, 6) is -1.98. The smallest absolute Gasteiger partial charge is 0.414 e. The lowest BCUT2D eigenvalue weighted by Crippen LogP contribution is -2.46. The number of rotatable bonds is 7. The number of likely N-dealkylation sites (tertiary alicyclic amines) is 2. The number of methoxy groups -OCH3 is 2. The topological polar surface area (TPSA) is 143 Å². The molecular formula is C25H36N2O9. The summed E-state index contributed by atoms with van der Waals surface area (Å²) in [5.41, 5.74) is 1.10. The molecule has 0 saturated carbocycles. The van der Waals surface area contributed by atoms with Gasteiger partial charge in [0.15, 0.2) is 11.5 Å². The fourth-order valence-electron chi connectivity index (χ4n) is 4.51. The Morgan fingerprint density at radius 2 is 1.47 bits per heavy atom. The van der Waals surface area contributed by atoms with Gasteiger partial charge in [-0.1, -0.05) is 12.1 Å². The minimum Gasteiger partial charge on any atom is -0.493 e. The van der Waals surface area contributed by atoms with Gasteiger partial charge in [-0.15, -0.1) is 0 Å². The third-order valence-corrected chi connectivity index (χ3v) is 6.42. The number of piperidine rings is 2. The van der Waals surface area contributed by atoms with Crippen LogP contribution in [0.2, 0.25) is 0 Å². The zero-order valence-corrected chi connectivity index (χ0v) is 21.1. The molecule has 1 aromatic rings. The third kappa shape index (κ3) is 8.11. The Morgan fingerprint density at radius 3 is 1.97 bits per heavy atom. The van der Waals surface area contributed by atoms with Crippen LogP contribution in [0.15, 0.2) is 18.2 Å². The second kappa shape index (κ2) is 14.3. The van der Waals surface area contributed by atoms with Crippen molar-refractivity contribution >= 4 is 23.8 Å². The highest BCUT2D eigenvalue weighted by Crippen LogP contribution is 2.32. The molecule has 3 rings (SSSR count). The molecule has 2 aliphatic rings. The molecule has 0 spiro atoms. The predicted molar refractivity (Wildman–Crippen MR) is 129 cm³/mol. The van der Waals surface area contributed by atoms with Crippen LogP contribution in [-0.4, -0.2) is 90.8 Å². The minimum absolute atomic E-state index is 0.0614. The number of carboxylic acids is 2. The van der Waals surface area contributed by atoms with Crippen molar-refractivity contribution in [2.75, 3.05) is 47.0 Å². The summed E-state index contributed by atoms with van der Waals surface area (Å²) in [7, 11) is 3.31. The van der Waals surface area contributed by atoms with Crippen LogP contribution in [0.3, 0.4) is 0 Å². The Bertz CT molecular complexity index is 893. The molecule has 1 amide bonds. The van der Waals surface area contributed by atoms with Crippen molar-refractivity contribution < 1.29 is 43.6 Å². The summed E-state index contributed by atoms with van der Waals surface area (Å²) in [4.78, 5) is 47.4. The first-order valence-corrected chi connectivity index (χ1v) is 12.1. The summed E-state index contributed by atoms with van der Waals surface area (Å²) in [6, 6.07) is 5.94. The first-order chi connectivity index (χ1) is 17.2. The van der Waals surface area contributed by atoms with E-state index in [4.69, 9.17) is 34.0 Å². The molecule has 11 nitrogen and oxygen atoms in total. The largest absolute Gasteiger partial charge is 0.493 e. The molecule has 2 aliphatic heterocycles. The predicted octanol–water partition coefficient (Wildman–Crippen LogP) is 1.87. The maximum absolute atomic E-state index is 13.0. The lowest BCUT2D eigenvalue weighted by Gasteiger charge is -2.37. The molecule has 0 unspecified atom stereocenters. The van der Waals surface area contributed by atoms with E-state index in [1.54, 1.807) is 14.2 Å². The molecule has 1 aromatic carbocycles. The van der Waals surface area contributed by atoms with Gasteiger partial charge in [0.1, 0.15) is 0 Å². The van der Waals surface area contributed by atoms with E-state index in [1.807, 2.05) is 24.0 Å². The van der Waals surface area contributed by atoms with Gasteiger partial charge in [0.25, 0.3) is 0 Å². The molecule has 2 heterocycles. The van der Waals surface area contributed by atoms with E-state index in [0.717, 1.165) is 49.5 Å². The van der Waals surface area contributed by atoms with Crippen LogP contribution in [0.1, 0.15) is 38.2 Å². The molecular weight excluding hydrogens is 472 g/mol. The van der Waals surface area contributed by atoms with Crippen molar-refractivity contribution in [3.8, 4) is 11.5 Å². The van der Waals surface area contributed by atoms with E-state index in [0.29, 0.717) is 32.5 Å². The molecule has 11 heteroatoms. The Kier molecular flexibility index (Phi) is 11.5. The van der Waals surface area contributed by atoms with Gasteiger partial charge in [-0.05, 0) is 51.8 Å². The van der Waals surface area contributed by atoms with Crippen molar-refractivity contribution in [1.29, 1.82) is 0 Å². The summed E-state index contributed by atoms with van der Waals surface area (Å²) in [5, 5.41) is 14.8. The fourth-order valence-corrected chi connectivity index (χ4v) is 4.51. The Labute approximate surface area is 210 Å². The van der Waals surface area contributed by atoms with E-state index in [-0.39, 0.29) is 23.7 Å². The second-order valence-electron chi connectivity index (χ2n) is 8.66. The molecule has 2 N–H and O–H groups in total. The van der Waals surface area contributed by atoms with Crippen LogP contribution >= 0.6 is 0 Å². The maximum Gasteiger partial charge on any atom is 0.414 e. The number of carbonyl (C=O) groups excluding carboxylic acids is 2. The van der Waals surface area contributed by atoms with Crippen molar-refractivity contribution in [3.63, 3.8) is 0 Å². The van der Waals surface area contributed by atoms with Gasteiger partial charge in [-0.2, -0.15) is 0 Å². The van der Waals surface area contributed by atoms with Crippen LogP contribution < -0.4 is 9.47 Å². The standard InChI is InChI=1S/C23H34N2O5.C2H2O4/c1-4-30-23(27)18-10-14-25(15-11-18)22(26)17-8-12-24(13-9-17)16-19-6-5-7-20(28-2)21(19)29-3;3-1(4)2(5)6/h5-7,17-18H,4,8-16H2,1-3H3;(H,3,4)(H,5,6). The highest BCUT2D eigenvalue weighted by atomic mass is 16.5. The van der Waals surface area contributed by atoms with Gasteiger partial charge in [0.05, 0.1) is 26.7 Å². The highest BCUT2D eigenvalue weighted by Gasteiger charge is 2.33. The molecule has 0 bridgehead atoms. The number of para-hydroxylation sites is 1. The summed E-state index contributed by atoms with van der Waals surface area (Å²) in [6.45, 7) is 6.11. The summed E-state index contributed by atoms with van der Waals surface area (Å²) < 4.78 is 16.1. The first kappa shape index (κ1) is 28.9. The second-order valence-corrected chi connectivity index (χ2v) is 8.66. The van der Waals surface area contributed by atoms with Crippen LogP contribution in [-0.2, 0) is 30.5 Å². The number of hydrogen-bond acceptors (Lipinski definition) is 8. The Morgan fingerprint density at radius 1 is 0.889 bits per heavy atom. The van der Waals surface area contributed by atoms with E-state index >= 15 is 0 Å². The molecule has 0 aromatic heterocycles. The normalized spacial score (nSPS) is 16.9. The number of carboxylic acid groups (broad SMARTS) is 2. The molecule has 0 aliphatic carbocycles. The van der Waals surface area contributed by atoms with Crippen LogP contribution in [0.4, 0.5) is 0 Å². The number of nitrogens with zero attached hydrogens (tertiary/aromatic N) is 2. The van der Waals surface area contributed by atoms with Gasteiger partial charge in [0, 0.05) is 31.1 Å². The number of esters is 1. The number of ether oxygens (including phenoxy) is 3. The molecule has 2 saturated heterocycles. The van der Waals surface area contributed by atoms with Gasteiger partial charge in [-0.3, -0.25) is 14.5 Å². The Hall–Kier alpha value is -3.34. The SMILES string of the molecule is CCOC(=O)C1CCN(C(=O)C2CCN(Cc3cccc(OC)c3OC)CC2)CC1.O=C(O)C(=O)O. The number of benzene rings is 1. The lowest BCUT2D eigenvalue weighted by molar-refractivity contribution is -0.159. The van der Waals surface area contributed by atoms with E-state index in [1.165, 1.54) is 0 Å². The monoisotopic (exact) mass is 508 g/mol. The van der Waals surface area contributed by atoms with E-state index < -0.39 is 11.9 Å². The molecule has 0 atom stereocenters. The number of carbonyl (C=O) groups is 4. The zero-order chi connectivity index (χ0) is 26.7. The van der Waals surface area contributed by atoms with E-state index in [9.17, 15) is 9.59 Å². The van der Waals surface area contributed by atoms with Crippen LogP contribution in [0, 0.1) is 11.8 Å². The van der Waals surface area contributed by atoms with Crippen molar-refractivity contribution in [2.24, 2.45) is 11.8 Å². The number of aliphatic carboxylic acids is 2. The van der Waals surface area contributed by atoms with E-state index in [2.05, 4.69) is 11.0 Å². The van der Waals surface area contributed by atoms with Crippen molar-refractivity contribution in [2.45, 2.75) is 39.2 Å². The number of amides is 1. The zero-order valence-electron chi connectivity index (χ0n) is 21.1. The summed E-state index contributed by atoms with van der Waals surface area (Å²) >= 11 is 0. The first-order valence-electron chi connectivity index (χ1n) is 12.1. The number of hydrogen-bond donors (Lipinski definition) is 2. The van der Waals surface area contributed by atoms with Gasteiger partial charge in [0.2, 0.25) is 5.91 Å². The van der Waals surface area contributed by atoms with Gasteiger partial charge < -0.3 is 29.3 Å². The van der Waals surface area contributed by atoms with Crippen LogP contribution in [0.25, 0.3) is 0 Å². The van der Waals surface area contributed by atoms with Gasteiger partial charge in [-0.25, -0.2) is 9.59 Å². The molecule has 0 radical (unpaired) electrons. The summed E-state index contributed by atoms with van der Waals surface area (Å²) in [6.07, 6.45) is 3.14. The molecule has 2 fully saturated rings. The Balaban J connectivity index is 0.000000678. The average molecular weight is 509 g/mol. The average Bonchev–Trinajstić information content (AvgIpc) is 2.89. The van der Waals surface area contributed by atoms with Gasteiger partial charge >= 0.3 is 17.9 Å². The quantitative estimate of drug-likeness (QED) is 0.414. The minimum atomic E-state index is -1.82. The van der Waals surface area contributed by atoms with Crippen molar-refractivity contribution in [1.82, 2.24) is 9.80 Å². The van der Waals surface area contributed by atoms with Crippen LogP contribution in [0.5, 0.6) is 11.5 Å². The van der Waals surface area contributed by atoms with Crippen molar-refractivity contribution in [3.05, 3.63) is 23.8 Å². The highest BCUT2D eigenvalue weighted by molar-refractivity contribution is 6.27. The molecule has 36 heavy (non-hydrogen) atoms. The maximum atomic E-state index is 13.0.